The number of anilines is 1. The number of fused-ring (bicyclic) bond motifs is 1. The molecule has 2 aromatic carbocycles. The van der Waals surface area contributed by atoms with Crippen LogP contribution in [-0.2, 0) is 6.42 Å². The van der Waals surface area contributed by atoms with Crippen molar-refractivity contribution in [3.05, 3.63) is 59.2 Å². The van der Waals surface area contributed by atoms with Gasteiger partial charge >= 0.3 is 0 Å². The third kappa shape index (κ3) is 3.61. The van der Waals surface area contributed by atoms with E-state index in [0.29, 0.717) is 13.2 Å². The summed E-state index contributed by atoms with van der Waals surface area (Å²) in [5.74, 6) is 0.833. The number of amides is 1. The first kappa shape index (κ1) is 16.6. The number of hydrogen-bond donors (Lipinski definition) is 0. The predicted octanol–water partition coefficient (Wildman–Crippen LogP) is 4.62. The van der Waals surface area contributed by atoms with Crippen molar-refractivity contribution in [1.29, 1.82) is 0 Å². The second-order valence-electron chi connectivity index (χ2n) is 7.71. The van der Waals surface area contributed by atoms with Gasteiger partial charge in [-0.15, -0.1) is 0 Å². The predicted molar refractivity (Wildman–Crippen MR) is 98.0 cm³/mol. The van der Waals surface area contributed by atoms with Crippen LogP contribution in [0.5, 0.6) is 5.75 Å². The van der Waals surface area contributed by atoms with Crippen molar-refractivity contribution in [1.82, 2.24) is 0 Å². The maximum atomic E-state index is 13.0. The highest BCUT2D eigenvalue weighted by molar-refractivity contribution is 6.07. The largest absolute Gasteiger partial charge is 0.490 e. The fourth-order valence-electron chi connectivity index (χ4n) is 3.12. The maximum absolute atomic E-state index is 13.0. The molecular weight excluding hydrogens is 298 g/mol. The lowest BCUT2D eigenvalue weighted by molar-refractivity contribution is 0.0976. The van der Waals surface area contributed by atoms with Gasteiger partial charge in [0.25, 0.3) is 5.91 Å². The van der Waals surface area contributed by atoms with Crippen LogP contribution in [0.25, 0.3) is 0 Å². The average molecular weight is 323 g/mol. The summed E-state index contributed by atoms with van der Waals surface area (Å²) in [6, 6.07) is 14.0. The fraction of sp³-hybridized carbons (Fsp3) is 0.381. The van der Waals surface area contributed by atoms with Crippen molar-refractivity contribution < 1.29 is 9.53 Å². The van der Waals surface area contributed by atoms with Gasteiger partial charge in [0.05, 0.1) is 12.2 Å². The summed E-state index contributed by atoms with van der Waals surface area (Å²) in [7, 11) is 0. The van der Waals surface area contributed by atoms with Gasteiger partial charge < -0.3 is 9.64 Å². The molecule has 1 aliphatic heterocycles. The summed E-state index contributed by atoms with van der Waals surface area (Å²) in [5.41, 5.74) is 4.13. The summed E-state index contributed by atoms with van der Waals surface area (Å²) >= 11 is 0. The number of benzene rings is 2. The van der Waals surface area contributed by atoms with Crippen LogP contribution in [0.3, 0.4) is 0 Å². The van der Waals surface area contributed by atoms with Crippen molar-refractivity contribution in [2.24, 2.45) is 5.41 Å². The Labute approximate surface area is 144 Å². The van der Waals surface area contributed by atoms with Gasteiger partial charge in [-0.25, -0.2) is 0 Å². The van der Waals surface area contributed by atoms with E-state index in [-0.39, 0.29) is 11.3 Å². The molecule has 0 atom stereocenters. The van der Waals surface area contributed by atoms with Gasteiger partial charge in [0.15, 0.2) is 0 Å². The molecule has 0 saturated heterocycles. The molecule has 1 heterocycles. The second kappa shape index (κ2) is 6.31. The Morgan fingerprint density at radius 2 is 1.96 bits per heavy atom. The third-order valence-corrected chi connectivity index (χ3v) is 4.13. The van der Waals surface area contributed by atoms with E-state index in [9.17, 15) is 4.79 Å². The lowest BCUT2D eigenvalue weighted by Crippen LogP contribution is -2.38. The molecule has 24 heavy (non-hydrogen) atoms. The molecule has 3 rings (SSSR count). The zero-order valence-electron chi connectivity index (χ0n) is 14.9. The minimum Gasteiger partial charge on any atom is -0.490 e. The van der Waals surface area contributed by atoms with E-state index < -0.39 is 0 Å². The highest BCUT2D eigenvalue weighted by Gasteiger charge is 2.25. The molecule has 0 radical (unpaired) electrons. The molecule has 0 fully saturated rings. The number of aryl methyl sites for hydroxylation is 1. The van der Waals surface area contributed by atoms with Crippen molar-refractivity contribution in [3.63, 3.8) is 0 Å². The molecule has 1 aliphatic rings. The van der Waals surface area contributed by atoms with Gasteiger partial charge in [-0.2, -0.15) is 0 Å². The molecule has 0 bridgehead atoms. The van der Waals surface area contributed by atoms with E-state index in [1.807, 2.05) is 48.2 Å². The minimum absolute atomic E-state index is 0.0409. The van der Waals surface area contributed by atoms with Crippen LogP contribution in [0.15, 0.2) is 42.5 Å². The topological polar surface area (TPSA) is 29.5 Å². The van der Waals surface area contributed by atoms with Gasteiger partial charge in [0.1, 0.15) is 12.4 Å². The molecule has 0 unspecified atom stereocenters. The number of carbonyl (C=O) groups is 1. The molecule has 126 valence electrons. The molecule has 0 N–H and O–H groups in total. The van der Waals surface area contributed by atoms with Crippen LogP contribution in [0.1, 0.15) is 42.3 Å². The first-order chi connectivity index (χ1) is 11.3. The summed E-state index contributed by atoms with van der Waals surface area (Å²) < 4.78 is 5.72. The lowest BCUT2D eigenvalue weighted by Gasteiger charge is -2.30. The molecule has 1 amide bonds. The smallest absolute Gasteiger partial charge is 0.258 e. The van der Waals surface area contributed by atoms with Crippen molar-refractivity contribution in [2.75, 3.05) is 18.1 Å². The van der Waals surface area contributed by atoms with E-state index >= 15 is 0 Å². The summed E-state index contributed by atoms with van der Waals surface area (Å²) in [6.45, 7) is 9.77. The number of carbonyl (C=O) groups excluding carboxylic acids is 1. The Morgan fingerprint density at radius 3 is 2.71 bits per heavy atom. The third-order valence-electron chi connectivity index (χ3n) is 4.13. The van der Waals surface area contributed by atoms with Crippen molar-refractivity contribution in [3.8, 4) is 5.75 Å². The molecule has 0 spiro atoms. The highest BCUT2D eigenvalue weighted by Crippen LogP contribution is 2.33. The second-order valence-corrected chi connectivity index (χ2v) is 7.71. The Bertz CT molecular complexity index is 759. The SMILES string of the molecule is Cc1ccc2c(c1)OCCN2C(=O)c1cccc(CC(C)(C)C)c1. The molecule has 0 aliphatic carbocycles. The lowest BCUT2D eigenvalue weighted by atomic mass is 9.87. The molecule has 2 aromatic rings. The van der Waals surface area contributed by atoms with Gasteiger partial charge in [-0.1, -0.05) is 39.0 Å². The zero-order valence-corrected chi connectivity index (χ0v) is 14.9. The van der Waals surface area contributed by atoms with E-state index in [4.69, 9.17) is 4.74 Å². The monoisotopic (exact) mass is 323 g/mol. The van der Waals surface area contributed by atoms with Gasteiger partial charge in [-0.05, 0) is 54.2 Å². The summed E-state index contributed by atoms with van der Waals surface area (Å²) in [4.78, 5) is 14.9. The van der Waals surface area contributed by atoms with Crippen molar-refractivity contribution in [2.45, 2.75) is 34.1 Å². The first-order valence-electron chi connectivity index (χ1n) is 8.48. The minimum atomic E-state index is 0.0409. The van der Waals surface area contributed by atoms with Crippen LogP contribution in [-0.4, -0.2) is 19.1 Å². The van der Waals surface area contributed by atoms with Gasteiger partial charge in [0, 0.05) is 5.56 Å². The Hall–Kier alpha value is -2.29. The first-order valence-corrected chi connectivity index (χ1v) is 8.48. The van der Waals surface area contributed by atoms with Crippen LogP contribution in [0.2, 0.25) is 0 Å². The number of ether oxygens (including phenoxy) is 1. The normalized spacial score (nSPS) is 14.1. The van der Waals surface area contributed by atoms with Gasteiger partial charge in [-0.3, -0.25) is 4.79 Å². The zero-order chi connectivity index (χ0) is 17.3. The van der Waals surface area contributed by atoms with Crippen molar-refractivity contribution >= 4 is 11.6 Å². The van der Waals surface area contributed by atoms with Crippen LogP contribution in [0.4, 0.5) is 5.69 Å². The van der Waals surface area contributed by atoms with Crippen LogP contribution in [0, 0.1) is 12.3 Å². The van der Waals surface area contributed by atoms with E-state index in [1.54, 1.807) is 0 Å². The molecule has 0 saturated carbocycles. The van der Waals surface area contributed by atoms with Gasteiger partial charge in [0.2, 0.25) is 0 Å². The fourth-order valence-corrected chi connectivity index (χ4v) is 3.12. The quantitative estimate of drug-likeness (QED) is 0.807. The van der Waals surface area contributed by atoms with E-state index in [1.165, 1.54) is 5.56 Å². The molecular formula is C21H25NO2. The van der Waals surface area contributed by atoms with E-state index in [0.717, 1.165) is 29.0 Å². The standard InChI is InChI=1S/C21H25NO2/c1-15-8-9-18-19(12-15)24-11-10-22(18)20(23)17-7-5-6-16(13-17)14-21(2,3)4/h5-9,12-13H,10-11,14H2,1-4H3. The van der Waals surface area contributed by atoms with Crippen LogP contribution >= 0.6 is 0 Å². The summed E-state index contributed by atoms with van der Waals surface area (Å²) in [5, 5.41) is 0. The van der Waals surface area contributed by atoms with Crippen LogP contribution < -0.4 is 9.64 Å². The van der Waals surface area contributed by atoms with E-state index in [2.05, 4.69) is 26.8 Å². The highest BCUT2D eigenvalue weighted by atomic mass is 16.5. The number of rotatable bonds is 2. The molecule has 3 heteroatoms. The average Bonchev–Trinajstić information content (AvgIpc) is 2.52. The Kier molecular flexibility index (Phi) is 4.35. The Morgan fingerprint density at radius 1 is 1.17 bits per heavy atom. The summed E-state index contributed by atoms with van der Waals surface area (Å²) in [6.07, 6.45) is 0.951. The molecule has 0 aromatic heterocycles. The molecule has 3 nitrogen and oxygen atoms in total. The number of nitrogens with zero attached hydrogens (tertiary/aromatic N) is 1. The Balaban J connectivity index is 1.89. The number of hydrogen-bond acceptors (Lipinski definition) is 2. The maximum Gasteiger partial charge on any atom is 0.258 e.